The maximum absolute atomic E-state index is 12.2. The van der Waals surface area contributed by atoms with Gasteiger partial charge in [-0.2, -0.15) is 0 Å². The van der Waals surface area contributed by atoms with Crippen LogP contribution in [0, 0.1) is 16.7 Å². The third kappa shape index (κ3) is 13.9. The maximum Gasteiger partial charge on any atom is 0.312 e. The molecule has 25 heavy (non-hydrogen) atoms. The van der Waals surface area contributed by atoms with E-state index < -0.39 is 5.41 Å². The summed E-state index contributed by atoms with van der Waals surface area (Å²) in [5.41, 5.74) is -0.367. The first-order valence-corrected chi connectivity index (χ1v) is 9.88. The molecule has 0 fully saturated rings. The van der Waals surface area contributed by atoms with Crippen molar-refractivity contribution in [3.8, 4) is 0 Å². The smallest absolute Gasteiger partial charge is 0.312 e. The third-order valence-corrected chi connectivity index (χ3v) is 4.42. The second-order valence-corrected chi connectivity index (χ2v) is 9.47. The first kappa shape index (κ1) is 23.9. The molecular formula is C21H41NO3. The van der Waals surface area contributed by atoms with Gasteiger partial charge < -0.3 is 10.1 Å². The van der Waals surface area contributed by atoms with Gasteiger partial charge in [0.05, 0.1) is 5.41 Å². The van der Waals surface area contributed by atoms with Crippen LogP contribution in [0.1, 0.15) is 93.4 Å². The Hall–Kier alpha value is -1.06. The standard InChI is InChI=1S/C21H41NO3/c1-17(2)12-10-8-9-11-15-22-18(23)16-25-19(24)21(6,7)14-13-20(3,4)5/h17H,8-16H2,1-7H3,(H,22,23). The minimum absolute atomic E-state index is 0.175. The number of carbonyl (C=O) groups is 2. The Morgan fingerprint density at radius 3 is 2.08 bits per heavy atom. The van der Waals surface area contributed by atoms with E-state index in [1.165, 1.54) is 19.3 Å². The summed E-state index contributed by atoms with van der Waals surface area (Å²) in [5.74, 6) is 0.268. The van der Waals surface area contributed by atoms with Crippen molar-refractivity contribution in [2.75, 3.05) is 13.2 Å². The zero-order chi connectivity index (χ0) is 19.5. The Kier molecular flexibility index (Phi) is 11.0. The van der Waals surface area contributed by atoms with Gasteiger partial charge in [0.2, 0.25) is 0 Å². The summed E-state index contributed by atoms with van der Waals surface area (Å²) in [5, 5.41) is 2.83. The van der Waals surface area contributed by atoms with Gasteiger partial charge in [0.1, 0.15) is 0 Å². The number of hydrogen-bond donors (Lipinski definition) is 1. The first-order valence-electron chi connectivity index (χ1n) is 9.88. The van der Waals surface area contributed by atoms with E-state index in [-0.39, 0.29) is 23.9 Å². The zero-order valence-electron chi connectivity index (χ0n) is 17.7. The minimum Gasteiger partial charge on any atom is -0.455 e. The molecule has 0 aromatic heterocycles. The van der Waals surface area contributed by atoms with Crippen LogP contribution in [0.15, 0.2) is 0 Å². The summed E-state index contributed by atoms with van der Waals surface area (Å²) in [6.45, 7) is 15.2. The largest absolute Gasteiger partial charge is 0.455 e. The summed E-state index contributed by atoms with van der Waals surface area (Å²) in [6.07, 6.45) is 7.55. The number of carbonyl (C=O) groups excluding carboxylic acids is 2. The maximum atomic E-state index is 12.2. The van der Waals surface area contributed by atoms with Crippen LogP contribution in [-0.2, 0) is 14.3 Å². The highest BCUT2D eigenvalue weighted by Crippen LogP contribution is 2.31. The molecule has 4 heteroatoms. The van der Waals surface area contributed by atoms with Gasteiger partial charge in [-0.05, 0) is 44.4 Å². The van der Waals surface area contributed by atoms with Gasteiger partial charge in [0.15, 0.2) is 6.61 Å². The molecule has 0 rings (SSSR count). The first-order chi connectivity index (χ1) is 11.4. The van der Waals surface area contributed by atoms with Crippen molar-refractivity contribution >= 4 is 11.9 Å². The average Bonchev–Trinajstić information content (AvgIpc) is 2.48. The zero-order valence-corrected chi connectivity index (χ0v) is 17.7. The van der Waals surface area contributed by atoms with Gasteiger partial charge in [0, 0.05) is 6.54 Å². The lowest BCUT2D eigenvalue weighted by atomic mass is 9.80. The monoisotopic (exact) mass is 355 g/mol. The van der Waals surface area contributed by atoms with Crippen molar-refractivity contribution in [3.63, 3.8) is 0 Å². The second-order valence-electron chi connectivity index (χ2n) is 9.47. The predicted octanol–water partition coefficient (Wildman–Crippen LogP) is 5.10. The molecule has 0 atom stereocenters. The van der Waals surface area contributed by atoms with Crippen molar-refractivity contribution < 1.29 is 14.3 Å². The third-order valence-electron chi connectivity index (χ3n) is 4.42. The van der Waals surface area contributed by atoms with E-state index in [9.17, 15) is 9.59 Å². The fourth-order valence-electron chi connectivity index (χ4n) is 2.43. The van der Waals surface area contributed by atoms with Crippen molar-refractivity contribution in [3.05, 3.63) is 0 Å². The predicted molar refractivity (Wildman–Crippen MR) is 104 cm³/mol. The Bertz CT molecular complexity index is 394. The highest BCUT2D eigenvalue weighted by atomic mass is 16.5. The number of unbranched alkanes of at least 4 members (excludes halogenated alkanes) is 3. The molecule has 0 aliphatic rings. The number of ether oxygens (including phenoxy) is 1. The molecule has 0 aromatic rings. The summed E-state index contributed by atoms with van der Waals surface area (Å²) in [7, 11) is 0. The quantitative estimate of drug-likeness (QED) is 0.391. The molecule has 148 valence electrons. The lowest BCUT2D eigenvalue weighted by molar-refractivity contribution is -0.157. The summed E-state index contributed by atoms with van der Waals surface area (Å²) in [6, 6.07) is 0. The molecular weight excluding hydrogens is 314 g/mol. The molecule has 0 aromatic carbocycles. The number of amides is 1. The number of hydrogen-bond acceptors (Lipinski definition) is 3. The normalized spacial score (nSPS) is 12.3. The number of rotatable bonds is 12. The van der Waals surface area contributed by atoms with E-state index in [0.717, 1.165) is 31.6 Å². The molecule has 0 unspecified atom stereocenters. The summed E-state index contributed by atoms with van der Waals surface area (Å²) < 4.78 is 5.20. The van der Waals surface area contributed by atoms with Gasteiger partial charge >= 0.3 is 5.97 Å². The topological polar surface area (TPSA) is 55.4 Å². The molecule has 0 heterocycles. The second kappa shape index (κ2) is 11.5. The van der Waals surface area contributed by atoms with Crippen LogP contribution < -0.4 is 5.32 Å². The number of esters is 1. The lowest BCUT2D eigenvalue weighted by Crippen LogP contribution is -2.34. The molecule has 0 saturated carbocycles. The fraction of sp³-hybridized carbons (Fsp3) is 0.905. The van der Waals surface area contributed by atoms with Gasteiger partial charge in [0.25, 0.3) is 5.91 Å². The van der Waals surface area contributed by atoms with Crippen LogP contribution in [0.5, 0.6) is 0 Å². The molecule has 0 aliphatic heterocycles. The summed E-state index contributed by atoms with van der Waals surface area (Å²) in [4.78, 5) is 24.0. The Morgan fingerprint density at radius 2 is 1.52 bits per heavy atom. The lowest BCUT2D eigenvalue weighted by Gasteiger charge is -2.27. The molecule has 0 radical (unpaired) electrons. The Labute approximate surface area is 155 Å². The Balaban J connectivity index is 3.84. The summed E-state index contributed by atoms with van der Waals surface area (Å²) >= 11 is 0. The van der Waals surface area contributed by atoms with Crippen LogP contribution >= 0.6 is 0 Å². The highest BCUT2D eigenvalue weighted by molar-refractivity contribution is 5.82. The minimum atomic E-state index is -0.552. The van der Waals surface area contributed by atoms with Crippen LogP contribution in [0.25, 0.3) is 0 Å². The fourth-order valence-corrected chi connectivity index (χ4v) is 2.43. The van der Waals surface area contributed by atoms with Crippen molar-refractivity contribution in [1.82, 2.24) is 5.32 Å². The van der Waals surface area contributed by atoms with E-state index >= 15 is 0 Å². The molecule has 0 saturated heterocycles. The molecule has 0 aliphatic carbocycles. The molecule has 4 nitrogen and oxygen atoms in total. The van der Waals surface area contributed by atoms with E-state index in [0.29, 0.717) is 6.54 Å². The van der Waals surface area contributed by atoms with E-state index in [2.05, 4.69) is 39.9 Å². The molecule has 0 spiro atoms. The molecule has 0 bridgehead atoms. The highest BCUT2D eigenvalue weighted by Gasteiger charge is 2.31. The van der Waals surface area contributed by atoms with Gasteiger partial charge in [-0.25, -0.2) is 0 Å². The van der Waals surface area contributed by atoms with Crippen molar-refractivity contribution in [2.45, 2.75) is 93.4 Å². The van der Waals surface area contributed by atoms with Gasteiger partial charge in [-0.1, -0.05) is 60.3 Å². The van der Waals surface area contributed by atoms with Gasteiger partial charge in [-0.3, -0.25) is 9.59 Å². The van der Waals surface area contributed by atoms with Crippen LogP contribution in [0.4, 0.5) is 0 Å². The Morgan fingerprint density at radius 1 is 0.920 bits per heavy atom. The van der Waals surface area contributed by atoms with Crippen LogP contribution in [-0.4, -0.2) is 25.0 Å². The van der Waals surface area contributed by atoms with Gasteiger partial charge in [-0.15, -0.1) is 0 Å². The van der Waals surface area contributed by atoms with Crippen molar-refractivity contribution in [2.24, 2.45) is 16.7 Å². The van der Waals surface area contributed by atoms with E-state index in [1.807, 2.05) is 13.8 Å². The van der Waals surface area contributed by atoms with Crippen LogP contribution in [0.3, 0.4) is 0 Å². The molecule has 1 amide bonds. The van der Waals surface area contributed by atoms with Crippen molar-refractivity contribution in [1.29, 1.82) is 0 Å². The average molecular weight is 356 g/mol. The number of nitrogens with one attached hydrogen (secondary N) is 1. The molecule has 1 N–H and O–H groups in total. The van der Waals surface area contributed by atoms with E-state index in [1.54, 1.807) is 0 Å². The van der Waals surface area contributed by atoms with Crippen LogP contribution in [0.2, 0.25) is 0 Å². The SMILES string of the molecule is CC(C)CCCCCCNC(=O)COC(=O)C(C)(C)CCC(C)(C)C. The van der Waals surface area contributed by atoms with E-state index in [4.69, 9.17) is 4.74 Å².